The number of rotatable bonds is 33. The Balaban J connectivity index is 2.57. The van der Waals surface area contributed by atoms with Gasteiger partial charge >= 0.3 is 0 Å². The molecule has 0 radical (unpaired) electrons. The predicted octanol–water partition coefficient (Wildman–Crippen LogP) is -4.65. The van der Waals surface area contributed by atoms with Crippen LogP contribution in [0, 0.1) is 0 Å². The fraction of sp³-hybridized carbons (Fsp3) is 0.842. The maximum atomic E-state index is 13.0. The van der Waals surface area contributed by atoms with E-state index in [4.69, 9.17) is 28.4 Å². The molecular weight excluding hydrogens is 788 g/mol. The van der Waals surface area contributed by atoms with Gasteiger partial charge in [-0.1, -0.05) is 0 Å². The van der Waals surface area contributed by atoms with Gasteiger partial charge in [-0.25, -0.2) is 0 Å². The van der Waals surface area contributed by atoms with Crippen LogP contribution >= 0.6 is 0 Å². The quantitative estimate of drug-likeness (QED) is 0.0307. The summed E-state index contributed by atoms with van der Waals surface area (Å²) in [7, 11) is 0. The van der Waals surface area contributed by atoms with Gasteiger partial charge in [-0.15, -0.1) is 0 Å². The van der Waals surface area contributed by atoms with Crippen molar-refractivity contribution in [1.82, 2.24) is 51.9 Å². The Morgan fingerprint density at radius 3 is 0.850 bits per heavy atom. The van der Waals surface area contributed by atoms with Crippen LogP contribution in [0.2, 0.25) is 0 Å². The molecule has 0 saturated carbocycles. The van der Waals surface area contributed by atoms with E-state index >= 15 is 0 Å². The van der Waals surface area contributed by atoms with E-state index in [9.17, 15) is 28.8 Å². The van der Waals surface area contributed by atoms with Crippen molar-refractivity contribution in [2.75, 3.05) is 191 Å². The minimum Gasteiger partial charge on any atom is -0.377 e. The van der Waals surface area contributed by atoms with Crippen LogP contribution in [0.25, 0.3) is 0 Å². The molecule has 0 unspecified atom stereocenters. The SMILES string of the molecule is CC(=O)NCCOCCOCCNC(=O)CN1CCNCCN(CC(=O)NCCOCCOCCNC(C)=O)CCN(CC(=O)NCCOCCOCCNC(C)=O)CC1. The molecule has 60 heavy (non-hydrogen) atoms. The number of carbonyl (C=O) groups excluding carboxylic acids is 6. The van der Waals surface area contributed by atoms with Crippen molar-refractivity contribution in [3.8, 4) is 0 Å². The Labute approximate surface area is 355 Å². The minimum atomic E-state index is -0.163. The molecular formula is C38H74N10O12. The molecule has 22 nitrogen and oxygen atoms in total. The third-order valence-electron chi connectivity index (χ3n) is 8.46. The van der Waals surface area contributed by atoms with Crippen LogP contribution in [0.5, 0.6) is 0 Å². The first-order chi connectivity index (χ1) is 29.0. The predicted molar refractivity (Wildman–Crippen MR) is 222 cm³/mol. The summed E-state index contributed by atoms with van der Waals surface area (Å²) < 4.78 is 32.8. The van der Waals surface area contributed by atoms with E-state index < -0.39 is 0 Å². The van der Waals surface area contributed by atoms with E-state index in [-0.39, 0.29) is 55.1 Å². The molecule has 1 fully saturated rings. The van der Waals surface area contributed by atoms with Gasteiger partial charge < -0.3 is 65.6 Å². The fourth-order valence-corrected chi connectivity index (χ4v) is 5.40. The summed E-state index contributed by atoms with van der Waals surface area (Å²) in [5.41, 5.74) is 0. The smallest absolute Gasteiger partial charge is 0.234 e. The Morgan fingerprint density at radius 1 is 0.367 bits per heavy atom. The van der Waals surface area contributed by atoms with Crippen LogP contribution in [0.15, 0.2) is 0 Å². The highest BCUT2D eigenvalue weighted by Crippen LogP contribution is 1.98. The molecule has 0 spiro atoms. The van der Waals surface area contributed by atoms with Crippen LogP contribution in [-0.4, -0.2) is 241 Å². The molecule has 1 saturated heterocycles. The molecule has 0 atom stereocenters. The van der Waals surface area contributed by atoms with Crippen molar-refractivity contribution in [3.63, 3.8) is 0 Å². The van der Waals surface area contributed by atoms with E-state index in [0.717, 1.165) is 0 Å². The third-order valence-corrected chi connectivity index (χ3v) is 8.46. The number of carbonyl (C=O) groups is 6. The third kappa shape index (κ3) is 36.3. The molecule has 6 amide bonds. The van der Waals surface area contributed by atoms with E-state index in [1.165, 1.54) is 20.8 Å². The van der Waals surface area contributed by atoms with Gasteiger partial charge in [-0.2, -0.15) is 0 Å². The summed E-state index contributed by atoms with van der Waals surface area (Å²) in [5.74, 6) is -0.746. The standard InChI is InChI=1S/C38H74N10O12/c1-33(49)40-6-18-55-24-27-58-21-9-43-36(52)30-46-12-4-39-5-13-47(31-37(53)44-10-22-59-28-25-56-19-7-41-34(2)50)15-17-48(16-14-46)32-38(54)45-11-23-60-29-26-57-20-8-42-35(3)51/h39H,4-32H2,1-3H3,(H,40,49)(H,41,50)(H,42,51)(H,43,52)(H,44,53)(H,45,54). The molecule has 1 aliphatic rings. The molecule has 0 bridgehead atoms. The van der Waals surface area contributed by atoms with Crippen LogP contribution in [0.1, 0.15) is 20.8 Å². The molecule has 0 aromatic heterocycles. The lowest BCUT2D eigenvalue weighted by Crippen LogP contribution is -2.50. The summed E-state index contributed by atoms with van der Waals surface area (Å²) in [4.78, 5) is 77.6. The summed E-state index contributed by atoms with van der Waals surface area (Å²) in [5, 5.41) is 20.1. The van der Waals surface area contributed by atoms with E-state index in [0.29, 0.717) is 171 Å². The first kappa shape index (κ1) is 54.4. The van der Waals surface area contributed by atoms with Crippen LogP contribution < -0.4 is 37.2 Å². The monoisotopic (exact) mass is 863 g/mol. The first-order valence-corrected chi connectivity index (χ1v) is 20.9. The van der Waals surface area contributed by atoms with Crippen molar-refractivity contribution in [2.24, 2.45) is 0 Å². The van der Waals surface area contributed by atoms with Gasteiger partial charge in [0.15, 0.2) is 0 Å². The second-order valence-electron chi connectivity index (χ2n) is 13.8. The average molecular weight is 863 g/mol. The number of nitrogens with zero attached hydrogens (tertiary/aromatic N) is 3. The van der Waals surface area contributed by atoms with Gasteiger partial charge in [0.2, 0.25) is 35.4 Å². The Morgan fingerprint density at radius 2 is 0.600 bits per heavy atom. The summed E-state index contributed by atoms with van der Waals surface area (Å²) in [6.45, 7) is 16.2. The zero-order chi connectivity index (χ0) is 43.9. The molecule has 0 aromatic rings. The molecule has 7 N–H and O–H groups in total. The minimum absolute atomic E-state index is 0.106. The van der Waals surface area contributed by atoms with E-state index in [2.05, 4.69) is 47.0 Å². The van der Waals surface area contributed by atoms with Crippen molar-refractivity contribution in [1.29, 1.82) is 0 Å². The molecule has 0 aromatic carbocycles. The summed E-state index contributed by atoms with van der Waals surface area (Å²) in [6, 6.07) is 0. The molecule has 1 rings (SSSR count). The van der Waals surface area contributed by atoms with Crippen molar-refractivity contribution in [3.05, 3.63) is 0 Å². The van der Waals surface area contributed by atoms with Crippen LogP contribution in [0.3, 0.4) is 0 Å². The van der Waals surface area contributed by atoms with Gasteiger partial charge in [-0.3, -0.25) is 43.5 Å². The molecule has 0 aliphatic carbocycles. The number of nitrogens with one attached hydrogen (secondary N) is 7. The van der Waals surface area contributed by atoms with E-state index in [1.54, 1.807) is 0 Å². The lowest BCUT2D eigenvalue weighted by atomic mass is 10.3. The molecule has 1 aliphatic heterocycles. The summed E-state index contributed by atoms with van der Waals surface area (Å²) >= 11 is 0. The summed E-state index contributed by atoms with van der Waals surface area (Å²) in [6.07, 6.45) is 0. The first-order valence-electron chi connectivity index (χ1n) is 20.9. The highest BCUT2D eigenvalue weighted by molar-refractivity contribution is 5.79. The number of hydrogen-bond donors (Lipinski definition) is 7. The highest BCUT2D eigenvalue weighted by atomic mass is 16.5. The largest absolute Gasteiger partial charge is 0.377 e. The van der Waals surface area contributed by atoms with Gasteiger partial charge in [0.1, 0.15) is 0 Å². The van der Waals surface area contributed by atoms with Gasteiger partial charge in [0.05, 0.1) is 98.9 Å². The number of hydrogen-bond acceptors (Lipinski definition) is 16. The zero-order valence-electron chi connectivity index (χ0n) is 36.2. The maximum Gasteiger partial charge on any atom is 0.234 e. The Kier molecular flexibility index (Phi) is 34.8. The molecule has 348 valence electrons. The van der Waals surface area contributed by atoms with Crippen LogP contribution in [-0.2, 0) is 57.2 Å². The second-order valence-corrected chi connectivity index (χ2v) is 13.8. The maximum absolute atomic E-state index is 13.0. The van der Waals surface area contributed by atoms with Crippen molar-refractivity contribution >= 4 is 35.4 Å². The number of amides is 6. The van der Waals surface area contributed by atoms with Gasteiger partial charge in [-0.05, 0) is 0 Å². The molecule has 1 heterocycles. The normalized spacial score (nSPS) is 14.7. The Hall–Kier alpha value is -3.58. The van der Waals surface area contributed by atoms with Crippen molar-refractivity contribution < 1.29 is 57.2 Å². The lowest BCUT2D eigenvalue weighted by molar-refractivity contribution is -0.124. The van der Waals surface area contributed by atoms with E-state index in [1.807, 2.05) is 4.90 Å². The fourth-order valence-electron chi connectivity index (χ4n) is 5.40. The van der Waals surface area contributed by atoms with Gasteiger partial charge in [0, 0.05) is 112 Å². The highest BCUT2D eigenvalue weighted by Gasteiger charge is 2.19. The Bertz CT molecular complexity index is 1110. The van der Waals surface area contributed by atoms with Gasteiger partial charge in [0.25, 0.3) is 0 Å². The topological polar surface area (TPSA) is 252 Å². The lowest BCUT2D eigenvalue weighted by Gasteiger charge is -2.31. The van der Waals surface area contributed by atoms with Crippen LogP contribution in [0.4, 0.5) is 0 Å². The second kappa shape index (κ2) is 38.3. The van der Waals surface area contributed by atoms with Crippen molar-refractivity contribution in [2.45, 2.75) is 20.8 Å². The average Bonchev–Trinajstić information content (AvgIpc) is 3.19. The number of ether oxygens (including phenoxy) is 6. The molecule has 22 heteroatoms. The zero-order valence-corrected chi connectivity index (χ0v) is 36.2.